The summed E-state index contributed by atoms with van der Waals surface area (Å²) >= 11 is 6.27. The molecule has 0 N–H and O–H groups in total. The predicted molar refractivity (Wildman–Crippen MR) is 65.8 cm³/mol. The van der Waals surface area contributed by atoms with E-state index >= 15 is 0 Å². The minimum atomic E-state index is -0.0950. The fourth-order valence-electron chi connectivity index (χ4n) is 2.09. The highest BCUT2D eigenvalue weighted by molar-refractivity contribution is 6.35. The first-order chi connectivity index (χ1) is 7.70. The zero-order valence-electron chi connectivity index (χ0n) is 9.37. The Morgan fingerprint density at radius 1 is 1.50 bits per heavy atom. The van der Waals surface area contributed by atoms with E-state index in [2.05, 4.69) is 6.07 Å². The number of aromatic nitrogens is 1. The summed E-state index contributed by atoms with van der Waals surface area (Å²) in [6.07, 6.45) is 2.76. The quantitative estimate of drug-likeness (QED) is 0.772. The molecule has 0 radical (unpaired) electrons. The number of nitriles is 1. The Morgan fingerprint density at radius 3 is 2.88 bits per heavy atom. The van der Waals surface area contributed by atoms with Crippen molar-refractivity contribution in [2.75, 3.05) is 0 Å². The second-order valence-electron chi connectivity index (χ2n) is 3.87. The molecule has 0 aliphatic carbocycles. The minimum absolute atomic E-state index is 0.0950. The molecular formula is C13H13ClN2. The van der Waals surface area contributed by atoms with E-state index in [0.717, 1.165) is 28.2 Å². The van der Waals surface area contributed by atoms with Crippen molar-refractivity contribution in [1.29, 1.82) is 5.26 Å². The third kappa shape index (κ3) is 1.48. The second kappa shape index (κ2) is 4.19. The number of hydrogen-bond donors (Lipinski definition) is 0. The SMILES string of the molecule is CCC(C#N)c1c(C)c(Cl)c2ccccn12. The fraction of sp³-hybridized carbons (Fsp3) is 0.308. The lowest BCUT2D eigenvalue weighted by Gasteiger charge is -2.08. The Hall–Kier alpha value is -1.46. The predicted octanol–water partition coefficient (Wildman–Crippen LogP) is 3.92. The lowest BCUT2D eigenvalue weighted by atomic mass is 10.0. The molecule has 82 valence electrons. The molecule has 0 amide bonds. The van der Waals surface area contributed by atoms with Gasteiger partial charge in [-0.1, -0.05) is 24.6 Å². The van der Waals surface area contributed by atoms with Crippen LogP contribution in [-0.4, -0.2) is 4.40 Å². The summed E-state index contributed by atoms with van der Waals surface area (Å²) < 4.78 is 2.02. The maximum absolute atomic E-state index is 9.17. The van der Waals surface area contributed by atoms with Gasteiger partial charge in [0.05, 0.1) is 22.5 Å². The molecule has 2 heterocycles. The molecule has 0 fully saturated rings. The molecule has 16 heavy (non-hydrogen) atoms. The van der Waals surface area contributed by atoms with Crippen LogP contribution in [0.1, 0.15) is 30.5 Å². The number of hydrogen-bond acceptors (Lipinski definition) is 1. The van der Waals surface area contributed by atoms with E-state index in [4.69, 9.17) is 16.9 Å². The van der Waals surface area contributed by atoms with Crippen molar-refractivity contribution < 1.29 is 0 Å². The number of fused-ring (bicyclic) bond motifs is 1. The van der Waals surface area contributed by atoms with Gasteiger partial charge in [-0.15, -0.1) is 0 Å². The zero-order chi connectivity index (χ0) is 11.7. The van der Waals surface area contributed by atoms with Crippen molar-refractivity contribution in [2.24, 2.45) is 0 Å². The van der Waals surface area contributed by atoms with Gasteiger partial charge in [-0.25, -0.2) is 0 Å². The molecule has 2 rings (SSSR count). The molecule has 3 heteroatoms. The van der Waals surface area contributed by atoms with Crippen LogP contribution in [0.15, 0.2) is 24.4 Å². The summed E-state index contributed by atoms with van der Waals surface area (Å²) in [4.78, 5) is 0. The first-order valence-electron chi connectivity index (χ1n) is 5.35. The number of rotatable bonds is 2. The third-order valence-corrected chi connectivity index (χ3v) is 3.43. The molecular weight excluding hydrogens is 220 g/mol. The molecule has 0 aromatic carbocycles. The molecule has 0 saturated carbocycles. The van der Waals surface area contributed by atoms with E-state index in [1.807, 2.05) is 42.6 Å². The van der Waals surface area contributed by atoms with Gasteiger partial charge in [-0.05, 0) is 31.0 Å². The van der Waals surface area contributed by atoms with Gasteiger partial charge in [0.2, 0.25) is 0 Å². The Balaban J connectivity index is 2.79. The molecule has 0 saturated heterocycles. The monoisotopic (exact) mass is 232 g/mol. The van der Waals surface area contributed by atoms with Crippen LogP contribution in [-0.2, 0) is 0 Å². The molecule has 1 atom stereocenters. The fourth-order valence-corrected chi connectivity index (χ4v) is 2.34. The van der Waals surface area contributed by atoms with Gasteiger partial charge in [-0.3, -0.25) is 0 Å². The summed E-state index contributed by atoms with van der Waals surface area (Å²) in [5, 5.41) is 9.92. The van der Waals surface area contributed by atoms with Crippen molar-refractivity contribution in [3.05, 3.63) is 40.7 Å². The van der Waals surface area contributed by atoms with Crippen LogP contribution < -0.4 is 0 Å². The van der Waals surface area contributed by atoms with Gasteiger partial charge >= 0.3 is 0 Å². The van der Waals surface area contributed by atoms with E-state index in [1.54, 1.807) is 0 Å². The average molecular weight is 233 g/mol. The topological polar surface area (TPSA) is 28.2 Å². The first kappa shape index (κ1) is 11.0. The Labute approximate surface area is 100 Å². The van der Waals surface area contributed by atoms with Crippen LogP contribution >= 0.6 is 11.6 Å². The molecule has 0 aliphatic heterocycles. The minimum Gasteiger partial charge on any atom is -0.318 e. The van der Waals surface area contributed by atoms with Gasteiger partial charge in [0.25, 0.3) is 0 Å². The third-order valence-electron chi connectivity index (χ3n) is 2.95. The normalized spacial score (nSPS) is 12.6. The smallest absolute Gasteiger partial charge is 0.0869 e. The molecule has 0 aliphatic rings. The molecule has 2 nitrogen and oxygen atoms in total. The Kier molecular flexibility index (Phi) is 2.89. The first-order valence-corrected chi connectivity index (χ1v) is 5.73. The van der Waals surface area contributed by atoms with E-state index in [9.17, 15) is 0 Å². The summed E-state index contributed by atoms with van der Waals surface area (Å²) in [6.45, 7) is 3.99. The highest BCUT2D eigenvalue weighted by Crippen LogP contribution is 2.33. The second-order valence-corrected chi connectivity index (χ2v) is 4.25. The largest absolute Gasteiger partial charge is 0.318 e. The van der Waals surface area contributed by atoms with Gasteiger partial charge in [0, 0.05) is 11.9 Å². The molecule has 1 unspecified atom stereocenters. The van der Waals surface area contributed by atoms with E-state index in [-0.39, 0.29) is 5.92 Å². The van der Waals surface area contributed by atoms with Crippen molar-refractivity contribution in [2.45, 2.75) is 26.2 Å². The van der Waals surface area contributed by atoms with Crippen molar-refractivity contribution in [3.63, 3.8) is 0 Å². The summed E-state index contributed by atoms with van der Waals surface area (Å²) in [5.41, 5.74) is 3.01. The number of nitrogens with zero attached hydrogens (tertiary/aromatic N) is 2. The van der Waals surface area contributed by atoms with Crippen LogP contribution in [0.4, 0.5) is 0 Å². The highest BCUT2D eigenvalue weighted by Gasteiger charge is 2.19. The molecule has 2 aromatic heterocycles. The van der Waals surface area contributed by atoms with Crippen LogP contribution in [0, 0.1) is 18.3 Å². The lowest BCUT2D eigenvalue weighted by molar-refractivity contribution is 0.771. The Morgan fingerprint density at radius 2 is 2.25 bits per heavy atom. The standard InChI is InChI=1S/C13H13ClN2/c1-3-10(8-15)13-9(2)12(14)11-6-4-5-7-16(11)13/h4-7,10H,3H2,1-2H3. The number of pyridine rings is 1. The number of halogens is 1. The molecule has 0 bridgehead atoms. The van der Waals surface area contributed by atoms with Gasteiger partial charge in [0.15, 0.2) is 0 Å². The van der Waals surface area contributed by atoms with Gasteiger partial charge < -0.3 is 4.40 Å². The molecule has 2 aromatic rings. The summed E-state index contributed by atoms with van der Waals surface area (Å²) in [6, 6.07) is 8.22. The molecule has 0 spiro atoms. The maximum atomic E-state index is 9.17. The van der Waals surface area contributed by atoms with E-state index in [0.29, 0.717) is 0 Å². The van der Waals surface area contributed by atoms with E-state index < -0.39 is 0 Å². The summed E-state index contributed by atoms with van der Waals surface area (Å²) in [7, 11) is 0. The van der Waals surface area contributed by atoms with Crippen molar-refractivity contribution in [3.8, 4) is 6.07 Å². The highest BCUT2D eigenvalue weighted by atomic mass is 35.5. The lowest BCUT2D eigenvalue weighted by Crippen LogP contribution is -2.00. The van der Waals surface area contributed by atoms with Crippen molar-refractivity contribution in [1.82, 2.24) is 4.40 Å². The Bertz CT molecular complexity index is 563. The van der Waals surface area contributed by atoms with Gasteiger partial charge in [0.1, 0.15) is 0 Å². The van der Waals surface area contributed by atoms with Crippen LogP contribution in [0.25, 0.3) is 5.52 Å². The van der Waals surface area contributed by atoms with E-state index in [1.165, 1.54) is 0 Å². The van der Waals surface area contributed by atoms with Gasteiger partial charge in [-0.2, -0.15) is 5.26 Å². The van der Waals surface area contributed by atoms with Crippen LogP contribution in [0.3, 0.4) is 0 Å². The zero-order valence-corrected chi connectivity index (χ0v) is 10.1. The van der Waals surface area contributed by atoms with Crippen molar-refractivity contribution >= 4 is 17.1 Å². The van der Waals surface area contributed by atoms with Crippen LogP contribution in [0.2, 0.25) is 5.02 Å². The van der Waals surface area contributed by atoms with Crippen LogP contribution in [0.5, 0.6) is 0 Å². The average Bonchev–Trinajstić information content (AvgIpc) is 2.57. The summed E-state index contributed by atoms with van der Waals surface area (Å²) in [5.74, 6) is -0.0950. The maximum Gasteiger partial charge on any atom is 0.0869 e.